The molecule has 146 valence electrons. The Morgan fingerprint density at radius 1 is 1.14 bits per heavy atom. The van der Waals surface area contributed by atoms with Gasteiger partial charge in [-0.05, 0) is 29.7 Å². The molecule has 0 saturated heterocycles. The second-order valence-electron chi connectivity index (χ2n) is 6.12. The van der Waals surface area contributed by atoms with Crippen LogP contribution in [0.5, 0.6) is 11.5 Å². The maximum atomic E-state index is 10.7. The van der Waals surface area contributed by atoms with Gasteiger partial charge in [-0.3, -0.25) is 10.1 Å². The number of hydrogen-bond donors (Lipinski definition) is 2. The van der Waals surface area contributed by atoms with E-state index >= 15 is 0 Å². The Kier molecular flexibility index (Phi) is 6.46. The van der Waals surface area contributed by atoms with Crippen LogP contribution in [0.4, 0.5) is 5.69 Å². The largest absolute Gasteiger partial charge is 0.454 e. The lowest BCUT2D eigenvalue weighted by molar-refractivity contribution is -0.384. The number of fused-ring (bicyclic) bond motifs is 1. The van der Waals surface area contributed by atoms with Crippen LogP contribution in [0, 0.1) is 10.1 Å². The van der Waals surface area contributed by atoms with Gasteiger partial charge in [0.05, 0.1) is 11.5 Å². The minimum Gasteiger partial charge on any atom is -0.454 e. The summed E-state index contributed by atoms with van der Waals surface area (Å²) in [5, 5.41) is 17.2. The monoisotopic (exact) mass is 382 g/mol. The zero-order valence-electron chi connectivity index (χ0n) is 15.4. The van der Waals surface area contributed by atoms with Gasteiger partial charge in [-0.25, -0.2) is 4.99 Å². The molecule has 2 aromatic rings. The van der Waals surface area contributed by atoms with Crippen LogP contribution in [-0.4, -0.2) is 30.8 Å². The molecule has 1 heterocycles. The van der Waals surface area contributed by atoms with E-state index < -0.39 is 4.92 Å². The molecule has 8 nitrogen and oxygen atoms in total. The molecule has 0 radical (unpaired) electrons. The number of nitro benzene ring substituents is 1. The van der Waals surface area contributed by atoms with Crippen molar-refractivity contribution in [3.63, 3.8) is 0 Å². The molecule has 8 heteroatoms. The van der Waals surface area contributed by atoms with Crippen LogP contribution in [0.15, 0.2) is 60.1 Å². The maximum Gasteiger partial charge on any atom is 0.269 e. The molecule has 0 bridgehead atoms. The fourth-order valence-electron chi connectivity index (χ4n) is 2.66. The van der Waals surface area contributed by atoms with Gasteiger partial charge in [0, 0.05) is 25.2 Å². The molecule has 2 N–H and O–H groups in total. The Bertz CT molecular complexity index is 865. The van der Waals surface area contributed by atoms with Crippen LogP contribution in [-0.2, 0) is 13.0 Å². The molecule has 0 atom stereocenters. The highest BCUT2D eigenvalue weighted by atomic mass is 16.7. The topological polar surface area (TPSA) is 98.0 Å². The highest BCUT2D eigenvalue weighted by Gasteiger charge is 2.13. The molecular weight excluding hydrogens is 360 g/mol. The number of hydrogen-bond acceptors (Lipinski definition) is 5. The molecule has 2 aromatic carbocycles. The number of non-ortho nitro benzene ring substituents is 1. The molecule has 0 aliphatic carbocycles. The minimum atomic E-state index is -0.415. The lowest BCUT2D eigenvalue weighted by Gasteiger charge is -2.12. The number of nitro groups is 1. The van der Waals surface area contributed by atoms with Crippen molar-refractivity contribution in [3.05, 3.63) is 76.4 Å². The van der Waals surface area contributed by atoms with Crippen LogP contribution in [0.1, 0.15) is 11.1 Å². The number of rotatable bonds is 8. The molecule has 0 spiro atoms. The van der Waals surface area contributed by atoms with Gasteiger partial charge in [0.2, 0.25) is 6.79 Å². The molecule has 0 aromatic heterocycles. The average molecular weight is 382 g/mol. The van der Waals surface area contributed by atoms with Crippen LogP contribution >= 0.6 is 0 Å². The first kappa shape index (κ1) is 19.2. The Balaban J connectivity index is 1.55. The van der Waals surface area contributed by atoms with Crippen molar-refractivity contribution < 1.29 is 14.4 Å². The van der Waals surface area contributed by atoms with Crippen molar-refractivity contribution >= 4 is 11.6 Å². The van der Waals surface area contributed by atoms with Crippen LogP contribution in [0.25, 0.3) is 0 Å². The maximum absolute atomic E-state index is 10.7. The first-order chi connectivity index (χ1) is 13.7. The second-order valence-corrected chi connectivity index (χ2v) is 6.12. The molecule has 3 rings (SSSR count). The highest BCUT2D eigenvalue weighted by Crippen LogP contribution is 2.32. The minimum absolute atomic E-state index is 0.0691. The zero-order valence-corrected chi connectivity index (χ0v) is 15.4. The number of aliphatic imine (C=N–C) groups is 1. The average Bonchev–Trinajstić information content (AvgIpc) is 3.17. The summed E-state index contributed by atoms with van der Waals surface area (Å²) in [6.07, 6.45) is 2.55. The molecule has 1 aliphatic heterocycles. The number of guanidine groups is 1. The fourth-order valence-corrected chi connectivity index (χ4v) is 2.66. The van der Waals surface area contributed by atoms with E-state index in [0.717, 1.165) is 29.0 Å². The van der Waals surface area contributed by atoms with Crippen LogP contribution in [0.2, 0.25) is 0 Å². The number of ether oxygens (including phenoxy) is 2. The van der Waals surface area contributed by atoms with Gasteiger partial charge >= 0.3 is 0 Å². The third kappa shape index (κ3) is 5.23. The Labute approximate surface area is 163 Å². The van der Waals surface area contributed by atoms with Crippen molar-refractivity contribution in [3.8, 4) is 11.5 Å². The Morgan fingerprint density at radius 3 is 2.64 bits per heavy atom. The normalized spacial score (nSPS) is 12.5. The van der Waals surface area contributed by atoms with Crippen LogP contribution in [0.3, 0.4) is 0 Å². The van der Waals surface area contributed by atoms with E-state index in [0.29, 0.717) is 25.6 Å². The van der Waals surface area contributed by atoms with Gasteiger partial charge in [-0.15, -0.1) is 6.58 Å². The summed E-state index contributed by atoms with van der Waals surface area (Å²) in [5.74, 6) is 2.20. The van der Waals surface area contributed by atoms with Gasteiger partial charge < -0.3 is 20.1 Å². The third-order valence-corrected chi connectivity index (χ3v) is 4.12. The van der Waals surface area contributed by atoms with E-state index in [1.807, 2.05) is 18.2 Å². The quantitative estimate of drug-likeness (QED) is 0.240. The highest BCUT2D eigenvalue weighted by molar-refractivity contribution is 5.79. The standard InChI is InChI=1S/C20H22N4O4/c1-2-10-21-20(23-13-16-3-6-17(7-4-16)24(25)26)22-11-9-15-5-8-18-19(12-15)28-14-27-18/h2-8,12H,1,9-11,13-14H2,(H2,21,22,23). The molecule has 0 unspecified atom stereocenters. The van der Waals surface area contributed by atoms with E-state index in [1.165, 1.54) is 12.1 Å². The first-order valence-electron chi connectivity index (χ1n) is 8.90. The summed E-state index contributed by atoms with van der Waals surface area (Å²) in [6.45, 7) is 5.64. The number of nitrogens with zero attached hydrogens (tertiary/aromatic N) is 2. The summed E-state index contributed by atoms with van der Waals surface area (Å²) in [5.41, 5.74) is 2.09. The van der Waals surface area contributed by atoms with Gasteiger partial charge in [0.15, 0.2) is 17.5 Å². The number of benzene rings is 2. The Hall–Kier alpha value is -3.55. The van der Waals surface area contributed by atoms with Gasteiger partial charge in [-0.1, -0.05) is 24.3 Å². The smallest absolute Gasteiger partial charge is 0.269 e. The second kappa shape index (κ2) is 9.40. The molecule has 0 saturated carbocycles. The first-order valence-corrected chi connectivity index (χ1v) is 8.90. The van der Waals surface area contributed by atoms with Crippen molar-refractivity contribution in [2.45, 2.75) is 13.0 Å². The number of nitrogens with one attached hydrogen (secondary N) is 2. The lowest BCUT2D eigenvalue weighted by atomic mass is 10.1. The molecule has 0 amide bonds. The summed E-state index contributed by atoms with van der Waals surface area (Å²) in [4.78, 5) is 14.8. The lowest BCUT2D eigenvalue weighted by Crippen LogP contribution is -2.38. The fraction of sp³-hybridized carbons (Fsp3) is 0.250. The van der Waals surface area contributed by atoms with Crippen LogP contribution < -0.4 is 20.1 Å². The zero-order chi connectivity index (χ0) is 19.8. The van der Waals surface area contributed by atoms with E-state index in [-0.39, 0.29) is 12.5 Å². The van der Waals surface area contributed by atoms with E-state index in [1.54, 1.807) is 18.2 Å². The van der Waals surface area contributed by atoms with Gasteiger partial charge in [0.1, 0.15) is 0 Å². The predicted octanol–water partition coefficient (Wildman–Crippen LogP) is 2.79. The van der Waals surface area contributed by atoms with Crippen molar-refractivity contribution in [2.75, 3.05) is 19.9 Å². The summed E-state index contributed by atoms with van der Waals surface area (Å²) in [7, 11) is 0. The Morgan fingerprint density at radius 2 is 1.89 bits per heavy atom. The van der Waals surface area contributed by atoms with E-state index in [4.69, 9.17) is 9.47 Å². The van der Waals surface area contributed by atoms with E-state index in [2.05, 4.69) is 22.2 Å². The van der Waals surface area contributed by atoms with Crippen molar-refractivity contribution in [2.24, 2.45) is 4.99 Å². The third-order valence-electron chi connectivity index (χ3n) is 4.12. The molecule has 28 heavy (non-hydrogen) atoms. The molecule has 0 fully saturated rings. The molecular formula is C20H22N4O4. The van der Waals surface area contributed by atoms with Gasteiger partial charge in [0.25, 0.3) is 5.69 Å². The van der Waals surface area contributed by atoms with E-state index in [9.17, 15) is 10.1 Å². The van der Waals surface area contributed by atoms with Gasteiger partial charge in [-0.2, -0.15) is 0 Å². The van der Waals surface area contributed by atoms with Crippen molar-refractivity contribution in [1.29, 1.82) is 0 Å². The predicted molar refractivity (Wildman–Crippen MR) is 107 cm³/mol. The van der Waals surface area contributed by atoms with Crippen molar-refractivity contribution in [1.82, 2.24) is 10.6 Å². The SMILES string of the molecule is C=CCNC(=NCc1ccc([N+](=O)[O-])cc1)NCCc1ccc2c(c1)OCO2. The summed E-state index contributed by atoms with van der Waals surface area (Å²) >= 11 is 0. The summed E-state index contributed by atoms with van der Waals surface area (Å²) < 4.78 is 10.7. The summed E-state index contributed by atoms with van der Waals surface area (Å²) in [6, 6.07) is 12.3. The molecule has 1 aliphatic rings.